The first-order chi connectivity index (χ1) is 52.0. The molecule has 0 unspecified atom stereocenters. The molecule has 2 fully saturated rings. The second-order valence-electron chi connectivity index (χ2n) is 25.1. The summed E-state index contributed by atoms with van der Waals surface area (Å²) in [4.78, 5) is 64.7. The number of halogens is 3. The molecule has 2 saturated carbocycles. The summed E-state index contributed by atoms with van der Waals surface area (Å²) in [5, 5.41) is 88.1. The highest BCUT2D eigenvalue weighted by molar-refractivity contribution is 5.88. The zero-order valence-corrected chi connectivity index (χ0v) is 56.2. The summed E-state index contributed by atoms with van der Waals surface area (Å²) in [7, 11) is 0. The van der Waals surface area contributed by atoms with Crippen molar-refractivity contribution in [1.29, 1.82) is 0 Å². The zero-order valence-electron chi connectivity index (χ0n) is 56.2. The molecule has 0 amide bonds. The van der Waals surface area contributed by atoms with Crippen LogP contribution in [0.15, 0.2) is 171 Å². The molecule has 534 valence electrons. The van der Waals surface area contributed by atoms with E-state index in [0.717, 1.165) is 92.9 Å². The van der Waals surface area contributed by atoms with E-state index in [1.165, 1.54) is 31.2 Å². The molecule has 4 aromatic carbocycles. The Balaban J connectivity index is 0.000000111. The van der Waals surface area contributed by atoms with Gasteiger partial charge in [0, 0.05) is 99.1 Å². The lowest BCUT2D eigenvalue weighted by molar-refractivity contribution is -0.137. The summed E-state index contributed by atoms with van der Waals surface area (Å²) < 4.78 is 42.1. The lowest BCUT2D eigenvalue weighted by atomic mass is 10.00. The van der Waals surface area contributed by atoms with Gasteiger partial charge in [-0.2, -0.15) is 54.0 Å². The van der Waals surface area contributed by atoms with E-state index >= 15 is 0 Å². The molecule has 13 aromatic heterocycles. The molecule has 0 saturated heterocycles. The number of aryl methyl sites for hydroxylation is 2. The van der Waals surface area contributed by atoms with Crippen molar-refractivity contribution in [3.8, 4) is 56.3 Å². The molecule has 0 spiro atoms. The fourth-order valence-electron chi connectivity index (χ4n) is 11.7. The Morgan fingerprint density at radius 3 is 1.62 bits per heavy atom. The SMILES string of the molecule is CCc1cc(Nc2cnnc(-c3ccc4[nH][nH]c(=O)c4c3)n2)n[nH]1.Cc1cc(Nc2cnnc(-c3ccc4[nH][nH]c(=O)c4c3)c2)n[nH]1.O=c1[nH][nH]c2cc(C(F)(F)F)c(-c3cc(-c4ccncc4)nc(Nc4cc(C5CC5)[nH]n4)n3)cc12.O=c1[nH][nH]c2ccc(-c3cnnc(Nc4cc(C5CC5)[nH]n4)c3)cc12. The van der Waals surface area contributed by atoms with Gasteiger partial charge >= 0.3 is 6.18 Å². The van der Waals surface area contributed by atoms with Gasteiger partial charge in [-0.25, -0.2) is 15.0 Å². The Bertz CT molecular complexity index is 6340. The van der Waals surface area contributed by atoms with Gasteiger partial charge in [0.25, 0.3) is 22.2 Å². The summed E-state index contributed by atoms with van der Waals surface area (Å²) >= 11 is 0. The monoisotopic (exact) mass is 1440 g/mol. The van der Waals surface area contributed by atoms with Crippen LogP contribution < -0.4 is 43.5 Å². The number of hydrogen-bond donors (Lipinski definition) is 16. The summed E-state index contributed by atoms with van der Waals surface area (Å²) in [5.41, 5.74) is 10.0. The number of hydrogen-bond acceptors (Lipinski definition) is 22. The Labute approximate surface area is 596 Å². The van der Waals surface area contributed by atoms with Gasteiger partial charge in [0.15, 0.2) is 40.7 Å². The third-order valence-corrected chi connectivity index (χ3v) is 17.4. The molecule has 2 aliphatic carbocycles. The Morgan fingerprint density at radius 2 is 0.981 bits per heavy atom. The van der Waals surface area contributed by atoms with Gasteiger partial charge in [0.2, 0.25) is 5.95 Å². The van der Waals surface area contributed by atoms with Crippen LogP contribution in [0.5, 0.6) is 0 Å². The third kappa shape index (κ3) is 15.0. The second-order valence-corrected chi connectivity index (χ2v) is 25.1. The van der Waals surface area contributed by atoms with Crippen molar-refractivity contribution in [3.63, 3.8) is 0 Å². The molecule has 37 heteroatoms. The highest BCUT2D eigenvalue weighted by Crippen LogP contribution is 2.42. The summed E-state index contributed by atoms with van der Waals surface area (Å²) in [5.74, 6) is 5.24. The van der Waals surface area contributed by atoms with Gasteiger partial charge in [-0.1, -0.05) is 19.1 Å². The lowest BCUT2D eigenvalue weighted by Crippen LogP contribution is -2.09. The molecule has 17 aromatic rings. The first-order valence-corrected chi connectivity index (χ1v) is 33.4. The normalized spacial score (nSPS) is 12.7. The predicted octanol–water partition coefficient (Wildman–Crippen LogP) is 11.2. The number of nitrogens with zero attached hydrogens (tertiary/aromatic N) is 14. The van der Waals surface area contributed by atoms with E-state index < -0.39 is 17.3 Å². The molecule has 107 heavy (non-hydrogen) atoms. The van der Waals surface area contributed by atoms with E-state index in [1.807, 2.05) is 86.6 Å². The highest BCUT2D eigenvalue weighted by Gasteiger charge is 2.36. The number of alkyl halides is 3. The molecule has 0 aliphatic heterocycles. The van der Waals surface area contributed by atoms with Gasteiger partial charge in [-0.05, 0) is 130 Å². The number of nitrogens with one attached hydrogen (secondary N) is 16. The predicted molar refractivity (Wildman–Crippen MR) is 391 cm³/mol. The van der Waals surface area contributed by atoms with Gasteiger partial charge in [-0.3, -0.25) is 85.3 Å². The van der Waals surface area contributed by atoms with Crippen LogP contribution in [0.3, 0.4) is 0 Å². The molecule has 2 aliphatic rings. The van der Waals surface area contributed by atoms with E-state index in [0.29, 0.717) is 85.4 Å². The third-order valence-electron chi connectivity index (χ3n) is 17.4. The maximum absolute atomic E-state index is 14.0. The topological polar surface area (TPSA) is 486 Å². The molecular formula is C70H59F3N30O4. The molecule has 0 radical (unpaired) electrons. The fraction of sp³-hybridized carbons (Fsp3) is 0.143. The Kier molecular flexibility index (Phi) is 17.6. The lowest BCUT2D eigenvalue weighted by Gasteiger charge is -2.14. The van der Waals surface area contributed by atoms with E-state index in [2.05, 4.69) is 153 Å². The van der Waals surface area contributed by atoms with Crippen LogP contribution in [0.25, 0.3) is 99.9 Å². The minimum atomic E-state index is -4.69. The first kappa shape index (κ1) is 66.7. The van der Waals surface area contributed by atoms with Crippen LogP contribution in [0.4, 0.5) is 59.7 Å². The number of benzene rings is 4. The second kappa shape index (κ2) is 28.2. The minimum Gasteiger partial charge on any atom is -0.337 e. The number of fused-ring (bicyclic) bond motifs is 4. The summed E-state index contributed by atoms with van der Waals surface area (Å²) in [6, 6.07) is 34.9. The quantitative estimate of drug-likeness (QED) is 0.0427. The number of aromatic amines is 12. The van der Waals surface area contributed by atoms with E-state index in [-0.39, 0.29) is 44.8 Å². The Morgan fingerprint density at radius 1 is 0.430 bits per heavy atom. The van der Waals surface area contributed by atoms with Crippen molar-refractivity contribution in [1.82, 2.24) is 132 Å². The van der Waals surface area contributed by atoms with Crippen molar-refractivity contribution in [2.45, 2.75) is 64.0 Å². The number of pyridine rings is 1. The van der Waals surface area contributed by atoms with Crippen molar-refractivity contribution in [2.75, 3.05) is 21.3 Å². The Hall–Kier alpha value is -14.8. The minimum absolute atomic E-state index is 0.00193. The molecule has 0 bridgehead atoms. The van der Waals surface area contributed by atoms with Crippen molar-refractivity contribution >= 4 is 90.2 Å². The van der Waals surface area contributed by atoms with Crippen molar-refractivity contribution in [3.05, 3.63) is 222 Å². The first-order valence-electron chi connectivity index (χ1n) is 33.4. The largest absolute Gasteiger partial charge is 0.417 e. The highest BCUT2D eigenvalue weighted by atomic mass is 19.4. The summed E-state index contributed by atoms with van der Waals surface area (Å²) in [6.07, 6.45) is 8.73. The maximum Gasteiger partial charge on any atom is 0.417 e. The molecule has 19 rings (SSSR count). The van der Waals surface area contributed by atoms with E-state index in [4.69, 9.17) is 0 Å². The summed E-state index contributed by atoms with van der Waals surface area (Å²) in [6.45, 7) is 3.97. The number of anilines is 8. The van der Waals surface area contributed by atoms with Crippen LogP contribution >= 0.6 is 0 Å². The van der Waals surface area contributed by atoms with Gasteiger partial charge in [0.1, 0.15) is 0 Å². The van der Waals surface area contributed by atoms with Gasteiger partial charge in [-0.15, -0.1) is 10.2 Å². The number of H-pyrrole nitrogens is 12. The van der Waals surface area contributed by atoms with Crippen LogP contribution in [0.2, 0.25) is 0 Å². The van der Waals surface area contributed by atoms with Crippen molar-refractivity contribution < 1.29 is 13.2 Å². The molecular weight excluding hydrogens is 1380 g/mol. The average molecular weight is 1440 g/mol. The number of aromatic nitrogens is 26. The molecule has 34 nitrogen and oxygen atoms in total. The molecule has 0 atom stereocenters. The van der Waals surface area contributed by atoms with Gasteiger partial charge < -0.3 is 21.3 Å². The molecule has 16 N–H and O–H groups in total. The number of rotatable bonds is 16. The van der Waals surface area contributed by atoms with Crippen LogP contribution in [-0.2, 0) is 12.6 Å². The van der Waals surface area contributed by atoms with Crippen LogP contribution in [0, 0.1) is 6.92 Å². The standard InChI is InChI=1S/C23H17F3N8O.C17H15N7O.C15H14N8O.C15H13N7O/c24-23(25,26)15-8-19-14(21(35)34-32-19)7-13(15)18-9-16(12-3-5-27-6-4-12)28-22(29-18)30-20-10-17(31-33-20)11-1-2-11;25-17-12-5-10(3-4-13(12)20-24-17)11-6-15(22-18-8-11)19-16-7-14(21-23-16)9-1-2-9;1-2-9-6-12(21-19-9)17-13-7-16-22-14(18-13)8-3-4-11-10(5-8)15(24)23-20-11;1-8-4-14(21-18-8)17-10-6-13(19-16-7-10)9-2-3-12-11(5-9)15(23)22-20-12/h3-11H,1-2H2,(H2,32,34,35)(H2,28,29,30,31,33);3-9H,1-2H2,(H2,20,24,25)(H2,19,21,22,23);3-7H,2H2,1H3,(H2,20,23,24)(H2,17,18,19,21,22);2-7H,1H3,(H2,20,22,23)(H2,17,18,19,21). The van der Waals surface area contributed by atoms with Crippen LogP contribution in [-0.4, -0.2) is 132 Å². The van der Waals surface area contributed by atoms with E-state index in [9.17, 15) is 32.3 Å². The molecule has 13 heterocycles. The maximum atomic E-state index is 14.0. The average Bonchev–Trinajstić information content (AvgIpc) is 1.74. The van der Waals surface area contributed by atoms with E-state index in [1.54, 1.807) is 55.1 Å². The van der Waals surface area contributed by atoms with Crippen LogP contribution in [0.1, 0.15) is 72.8 Å². The fourth-order valence-corrected chi connectivity index (χ4v) is 11.7. The van der Waals surface area contributed by atoms with Crippen molar-refractivity contribution in [2.24, 2.45) is 0 Å². The zero-order chi connectivity index (χ0) is 73.3. The smallest absolute Gasteiger partial charge is 0.337 e. The van der Waals surface area contributed by atoms with Gasteiger partial charge in [0.05, 0.1) is 90.5 Å².